The highest BCUT2D eigenvalue weighted by molar-refractivity contribution is 6.30. The summed E-state index contributed by atoms with van der Waals surface area (Å²) in [5, 5.41) is 14.2. The molecule has 1 saturated carbocycles. The number of aromatic carboxylic acids is 1. The number of fused-ring (bicyclic) bond motifs is 1. The maximum Gasteiger partial charge on any atom is 0.354 e. The number of carboxylic acid groups (broad SMARTS) is 1. The highest BCUT2D eigenvalue weighted by atomic mass is 35.5. The summed E-state index contributed by atoms with van der Waals surface area (Å²) in [5.41, 5.74) is 2.25. The van der Waals surface area contributed by atoms with Gasteiger partial charge in [-0.25, -0.2) is 13.6 Å². The third-order valence-electron chi connectivity index (χ3n) is 7.46. The van der Waals surface area contributed by atoms with E-state index < -0.39 is 17.6 Å². The van der Waals surface area contributed by atoms with Gasteiger partial charge in [-0.05, 0) is 59.4 Å². The van der Waals surface area contributed by atoms with Crippen LogP contribution in [0.5, 0.6) is 0 Å². The van der Waals surface area contributed by atoms with Crippen LogP contribution in [0.2, 0.25) is 5.02 Å². The molecule has 2 N–H and O–H groups in total. The number of anilines is 1. The van der Waals surface area contributed by atoms with E-state index in [-0.39, 0.29) is 23.8 Å². The quantitative estimate of drug-likeness (QED) is 0.232. The fourth-order valence-electron chi connectivity index (χ4n) is 5.59. The summed E-state index contributed by atoms with van der Waals surface area (Å²) in [6.45, 7) is 0.164. The fourth-order valence-corrected chi connectivity index (χ4v) is 5.81. The highest BCUT2D eigenvalue weighted by Crippen LogP contribution is 2.36. The van der Waals surface area contributed by atoms with Crippen LogP contribution in [0.1, 0.15) is 61.0 Å². The Morgan fingerprint density at radius 3 is 2.38 bits per heavy atom. The molecule has 1 aliphatic carbocycles. The molecule has 39 heavy (non-hydrogen) atoms. The first-order valence-electron chi connectivity index (χ1n) is 13.2. The van der Waals surface area contributed by atoms with Crippen molar-refractivity contribution in [1.82, 2.24) is 4.57 Å². The Morgan fingerprint density at radius 2 is 1.69 bits per heavy atom. The van der Waals surface area contributed by atoms with Gasteiger partial charge in [0.1, 0.15) is 11.6 Å². The molecule has 8 heteroatoms. The van der Waals surface area contributed by atoms with Crippen molar-refractivity contribution in [2.75, 3.05) is 5.32 Å². The molecule has 0 spiro atoms. The Balaban J connectivity index is 1.58. The molecule has 0 saturated heterocycles. The maximum absolute atomic E-state index is 14.0. The van der Waals surface area contributed by atoms with Crippen LogP contribution >= 0.6 is 11.6 Å². The minimum absolute atomic E-state index is 0.0708. The Morgan fingerprint density at radius 1 is 0.949 bits per heavy atom. The zero-order valence-corrected chi connectivity index (χ0v) is 22.1. The second-order valence-electron chi connectivity index (χ2n) is 10.2. The van der Waals surface area contributed by atoms with Gasteiger partial charge in [0.05, 0.1) is 11.2 Å². The number of nitrogens with one attached hydrogen (secondary N) is 1. The number of hydrogen-bond acceptors (Lipinski definition) is 2. The predicted molar refractivity (Wildman–Crippen MR) is 149 cm³/mol. The number of hydrogen-bond donors (Lipinski definition) is 2. The molecule has 1 heterocycles. The largest absolute Gasteiger partial charge is 0.477 e. The van der Waals surface area contributed by atoms with Gasteiger partial charge in [-0.3, -0.25) is 4.79 Å². The summed E-state index contributed by atoms with van der Waals surface area (Å²) in [5.74, 6) is -2.34. The lowest BCUT2D eigenvalue weighted by molar-refractivity contribution is -0.116. The Labute approximate surface area is 230 Å². The van der Waals surface area contributed by atoms with Crippen LogP contribution in [-0.4, -0.2) is 21.6 Å². The predicted octanol–water partition coefficient (Wildman–Crippen LogP) is 8.29. The zero-order valence-electron chi connectivity index (χ0n) is 21.4. The van der Waals surface area contributed by atoms with Gasteiger partial charge < -0.3 is 15.0 Å². The molecule has 5 nitrogen and oxygen atoms in total. The minimum atomic E-state index is -1.20. The van der Waals surface area contributed by atoms with E-state index in [0.717, 1.165) is 30.9 Å². The average Bonchev–Trinajstić information content (AvgIpc) is 3.20. The van der Waals surface area contributed by atoms with E-state index in [9.17, 15) is 23.5 Å². The molecule has 5 rings (SSSR count). The monoisotopic (exact) mass is 550 g/mol. The lowest BCUT2D eigenvalue weighted by atomic mass is 9.86. The number of rotatable bonds is 8. The molecule has 0 unspecified atom stereocenters. The molecular formula is C31H29ClF2N2O3. The van der Waals surface area contributed by atoms with Gasteiger partial charge in [0.15, 0.2) is 5.69 Å². The average molecular weight is 551 g/mol. The van der Waals surface area contributed by atoms with Crippen molar-refractivity contribution in [2.24, 2.45) is 5.92 Å². The van der Waals surface area contributed by atoms with E-state index in [2.05, 4.69) is 5.32 Å². The summed E-state index contributed by atoms with van der Waals surface area (Å²) < 4.78 is 29.5. The molecule has 3 aromatic carbocycles. The standard InChI is InChI=1S/C31H29ClF2N2O3/c32-23-8-4-7-20(13-23)18-36-27-16-21(22-14-24(33)17-25(34)15-22)10-11-26(27)29(30(36)31(38)39)35-28(37)12-9-19-5-2-1-3-6-19/h4,7-8,10-11,13-17,19H,1-3,5-6,9,12,18H2,(H,35,37)(H,38,39). The van der Waals surface area contributed by atoms with Crippen LogP contribution in [-0.2, 0) is 11.3 Å². The van der Waals surface area contributed by atoms with Crippen LogP contribution in [0.15, 0.2) is 60.7 Å². The number of halogens is 3. The van der Waals surface area contributed by atoms with E-state index >= 15 is 0 Å². The van der Waals surface area contributed by atoms with Gasteiger partial charge in [-0.2, -0.15) is 0 Å². The van der Waals surface area contributed by atoms with Crippen molar-refractivity contribution in [3.63, 3.8) is 0 Å². The normalized spacial score (nSPS) is 14.0. The minimum Gasteiger partial charge on any atom is -0.477 e. The Bertz CT molecular complexity index is 1520. The van der Waals surface area contributed by atoms with Crippen molar-refractivity contribution in [3.8, 4) is 11.1 Å². The number of amides is 1. The molecule has 0 atom stereocenters. The van der Waals surface area contributed by atoms with E-state index in [1.165, 1.54) is 31.4 Å². The van der Waals surface area contributed by atoms with Gasteiger partial charge in [0.2, 0.25) is 5.91 Å². The SMILES string of the molecule is O=C(CCC1CCCCC1)Nc1c(C(=O)O)n(Cc2cccc(Cl)c2)c2cc(-c3cc(F)cc(F)c3)ccc12. The van der Waals surface area contributed by atoms with Crippen LogP contribution in [0.25, 0.3) is 22.0 Å². The van der Waals surface area contributed by atoms with Crippen molar-refractivity contribution in [2.45, 2.75) is 51.5 Å². The fraction of sp³-hybridized carbons (Fsp3) is 0.290. The van der Waals surface area contributed by atoms with Crippen LogP contribution in [0.3, 0.4) is 0 Å². The van der Waals surface area contributed by atoms with E-state index in [0.29, 0.717) is 39.4 Å². The Hall–Kier alpha value is -3.71. The summed E-state index contributed by atoms with van der Waals surface area (Å²) in [4.78, 5) is 25.6. The molecule has 0 bridgehead atoms. The first-order chi connectivity index (χ1) is 18.8. The van der Waals surface area contributed by atoms with E-state index in [1.54, 1.807) is 41.0 Å². The summed E-state index contributed by atoms with van der Waals surface area (Å²) in [6.07, 6.45) is 6.93. The van der Waals surface area contributed by atoms with Gasteiger partial charge in [-0.1, -0.05) is 68.0 Å². The van der Waals surface area contributed by atoms with Crippen LogP contribution in [0, 0.1) is 17.6 Å². The molecule has 1 amide bonds. The number of nitrogens with zero attached hydrogens (tertiary/aromatic N) is 1. The molecule has 1 fully saturated rings. The second-order valence-corrected chi connectivity index (χ2v) is 10.7. The van der Waals surface area contributed by atoms with E-state index in [4.69, 9.17) is 11.6 Å². The molecule has 1 aliphatic rings. The van der Waals surface area contributed by atoms with Crippen LogP contribution < -0.4 is 5.32 Å². The lowest BCUT2D eigenvalue weighted by Crippen LogP contribution is -2.17. The smallest absolute Gasteiger partial charge is 0.354 e. The topological polar surface area (TPSA) is 71.3 Å². The third-order valence-corrected chi connectivity index (χ3v) is 7.70. The molecule has 0 aliphatic heterocycles. The van der Waals surface area contributed by atoms with Gasteiger partial charge in [-0.15, -0.1) is 0 Å². The molecular weight excluding hydrogens is 522 g/mol. The van der Waals surface area contributed by atoms with Crippen molar-refractivity contribution >= 4 is 40.1 Å². The summed E-state index contributed by atoms with van der Waals surface area (Å²) in [6, 6.07) is 15.4. The Kier molecular flexibility index (Phi) is 7.98. The summed E-state index contributed by atoms with van der Waals surface area (Å²) >= 11 is 6.19. The van der Waals surface area contributed by atoms with E-state index in [1.807, 2.05) is 6.07 Å². The highest BCUT2D eigenvalue weighted by Gasteiger charge is 2.25. The number of carbonyl (C=O) groups is 2. The number of carbonyl (C=O) groups excluding carboxylic acids is 1. The molecule has 202 valence electrons. The van der Waals surface area contributed by atoms with Crippen molar-refractivity contribution in [1.29, 1.82) is 0 Å². The number of carboxylic acids is 1. The van der Waals surface area contributed by atoms with Crippen molar-refractivity contribution in [3.05, 3.63) is 88.6 Å². The number of aromatic nitrogens is 1. The molecule has 0 radical (unpaired) electrons. The zero-order chi connectivity index (χ0) is 27.5. The van der Waals surface area contributed by atoms with Crippen molar-refractivity contribution < 1.29 is 23.5 Å². The van der Waals surface area contributed by atoms with Gasteiger partial charge in [0.25, 0.3) is 0 Å². The lowest BCUT2D eigenvalue weighted by Gasteiger charge is -2.21. The third kappa shape index (κ3) is 6.14. The molecule has 4 aromatic rings. The molecule has 1 aromatic heterocycles. The maximum atomic E-state index is 14.0. The van der Waals surface area contributed by atoms with Crippen LogP contribution in [0.4, 0.5) is 14.5 Å². The van der Waals surface area contributed by atoms with Gasteiger partial charge >= 0.3 is 5.97 Å². The number of benzene rings is 3. The first kappa shape index (κ1) is 26.9. The van der Waals surface area contributed by atoms with Gasteiger partial charge in [0, 0.05) is 29.4 Å². The first-order valence-corrected chi connectivity index (χ1v) is 13.6. The second kappa shape index (κ2) is 11.6. The summed E-state index contributed by atoms with van der Waals surface area (Å²) in [7, 11) is 0.